The van der Waals surface area contributed by atoms with Gasteiger partial charge in [0.2, 0.25) is 5.75 Å². The average Bonchev–Trinajstić information content (AvgIpc) is 3.20. The van der Waals surface area contributed by atoms with Gasteiger partial charge in [-0.25, -0.2) is 4.98 Å². The van der Waals surface area contributed by atoms with E-state index in [1.807, 2.05) is 24.3 Å². The van der Waals surface area contributed by atoms with Crippen LogP contribution in [0.1, 0.15) is 10.4 Å². The van der Waals surface area contributed by atoms with E-state index in [9.17, 15) is 9.59 Å². The van der Waals surface area contributed by atoms with Gasteiger partial charge in [-0.1, -0.05) is 23.5 Å². The summed E-state index contributed by atoms with van der Waals surface area (Å²) in [7, 11) is 4.42. The minimum atomic E-state index is -0.647. The minimum absolute atomic E-state index is 0.184. The number of primary amides is 1. The molecule has 2 aromatic carbocycles. The van der Waals surface area contributed by atoms with E-state index in [0.29, 0.717) is 23.8 Å². The number of carbonyl (C=O) groups is 2. The molecule has 0 saturated carbocycles. The van der Waals surface area contributed by atoms with Crippen LogP contribution < -0.4 is 24.8 Å². The average molecular weight is 445 g/mol. The van der Waals surface area contributed by atoms with E-state index in [2.05, 4.69) is 4.98 Å². The molecule has 0 aliphatic rings. The third kappa shape index (κ3) is 5.04. The van der Waals surface area contributed by atoms with Crippen molar-refractivity contribution in [3.8, 4) is 17.2 Å². The van der Waals surface area contributed by atoms with Crippen molar-refractivity contribution in [2.45, 2.75) is 0 Å². The first-order valence-corrected chi connectivity index (χ1v) is 10.1. The van der Waals surface area contributed by atoms with E-state index in [4.69, 9.17) is 24.7 Å². The van der Waals surface area contributed by atoms with Crippen molar-refractivity contribution >= 4 is 38.5 Å². The fourth-order valence-corrected chi connectivity index (χ4v) is 3.88. The molecular formula is C21H23N3O6S. The summed E-state index contributed by atoms with van der Waals surface area (Å²) < 4.78 is 22.3. The topological polar surface area (TPSA) is 113 Å². The predicted molar refractivity (Wildman–Crippen MR) is 117 cm³/mol. The molecule has 164 valence electrons. The van der Waals surface area contributed by atoms with Gasteiger partial charge in [0, 0.05) is 12.7 Å². The van der Waals surface area contributed by atoms with Crippen LogP contribution in [0.3, 0.4) is 0 Å². The molecule has 0 fully saturated rings. The number of benzene rings is 2. The first-order chi connectivity index (χ1) is 15.0. The second-order valence-electron chi connectivity index (χ2n) is 6.38. The first kappa shape index (κ1) is 22.3. The zero-order valence-corrected chi connectivity index (χ0v) is 18.2. The Morgan fingerprint density at radius 2 is 1.77 bits per heavy atom. The number of thiazole rings is 1. The quantitative estimate of drug-likeness (QED) is 0.510. The third-order valence-corrected chi connectivity index (χ3v) is 5.40. The fourth-order valence-electron chi connectivity index (χ4n) is 2.89. The van der Waals surface area contributed by atoms with E-state index in [0.717, 1.165) is 10.2 Å². The molecule has 0 radical (unpaired) electrons. The molecule has 1 aromatic heterocycles. The van der Waals surface area contributed by atoms with E-state index < -0.39 is 5.91 Å². The summed E-state index contributed by atoms with van der Waals surface area (Å²) in [6, 6.07) is 10.7. The number of ether oxygens (including phenoxy) is 4. The SMILES string of the molecule is COCCN(C(=O)c1cc(OC)c(OCC(N)=O)c(OC)c1)c1nc2ccccc2s1. The highest BCUT2D eigenvalue weighted by Gasteiger charge is 2.25. The summed E-state index contributed by atoms with van der Waals surface area (Å²) in [5, 5.41) is 0.551. The van der Waals surface area contributed by atoms with Crippen LogP contribution >= 0.6 is 11.3 Å². The summed E-state index contributed by atoms with van der Waals surface area (Å²) in [6.45, 7) is 0.279. The molecule has 0 aliphatic heterocycles. The lowest BCUT2D eigenvalue weighted by atomic mass is 10.1. The molecule has 0 aliphatic carbocycles. The second kappa shape index (κ2) is 10.1. The molecule has 0 atom stereocenters. The van der Waals surface area contributed by atoms with Gasteiger partial charge in [-0.3, -0.25) is 14.5 Å². The van der Waals surface area contributed by atoms with Crippen LogP contribution in [0.4, 0.5) is 5.13 Å². The number of hydrogen-bond donors (Lipinski definition) is 1. The summed E-state index contributed by atoms with van der Waals surface area (Å²) in [4.78, 5) is 30.7. The van der Waals surface area contributed by atoms with Gasteiger partial charge in [-0.2, -0.15) is 0 Å². The van der Waals surface area contributed by atoms with Gasteiger partial charge >= 0.3 is 0 Å². The van der Waals surface area contributed by atoms with Gasteiger partial charge in [0.05, 0.1) is 37.6 Å². The van der Waals surface area contributed by atoms with Crippen LogP contribution in [0, 0.1) is 0 Å². The van der Waals surface area contributed by atoms with E-state index >= 15 is 0 Å². The van der Waals surface area contributed by atoms with Crippen molar-refractivity contribution in [1.82, 2.24) is 4.98 Å². The standard InChI is InChI=1S/C21H23N3O6S/c1-27-9-8-24(21-23-14-6-4-5-7-17(14)31-21)20(26)13-10-15(28-2)19(16(11-13)29-3)30-12-18(22)25/h4-7,10-11H,8-9,12H2,1-3H3,(H2,22,25). The predicted octanol–water partition coefficient (Wildman–Crippen LogP) is 2.47. The molecule has 3 rings (SSSR count). The van der Waals surface area contributed by atoms with Crippen molar-refractivity contribution in [2.24, 2.45) is 5.73 Å². The zero-order valence-electron chi connectivity index (χ0n) is 17.4. The van der Waals surface area contributed by atoms with Crippen molar-refractivity contribution in [2.75, 3.05) is 46.0 Å². The van der Waals surface area contributed by atoms with Crippen molar-refractivity contribution < 1.29 is 28.5 Å². The molecule has 3 aromatic rings. The van der Waals surface area contributed by atoms with Gasteiger partial charge in [-0.05, 0) is 24.3 Å². The number of nitrogens with zero attached hydrogens (tertiary/aromatic N) is 2. The van der Waals surface area contributed by atoms with Crippen LogP contribution in [0.5, 0.6) is 17.2 Å². The van der Waals surface area contributed by atoms with Gasteiger partial charge < -0.3 is 24.7 Å². The smallest absolute Gasteiger partial charge is 0.260 e. The van der Waals surface area contributed by atoms with Crippen molar-refractivity contribution in [1.29, 1.82) is 0 Å². The van der Waals surface area contributed by atoms with Gasteiger partial charge in [-0.15, -0.1) is 0 Å². The molecular weight excluding hydrogens is 422 g/mol. The largest absolute Gasteiger partial charge is 0.493 e. The Morgan fingerprint density at radius 3 is 2.35 bits per heavy atom. The monoisotopic (exact) mass is 445 g/mol. The maximum atomic E-state index is 13.5. The number of amides is 2. The maximum absolute atomic E-state index is 13.5. The van der Waals surface area contributed by atoms with Crippen molar-refractivity contribution in [3.63, 3.8) is 0 Å². The lowest BCUT2D eigenvalue weighted by Gasteiger charge is -2.21. The lowest BCUT2D eigenvalue weighted by molar-refractivity contribution is -0.120. The zero-order chi connectivity index (χ0) is 22.4. The minimum Gasteiger partial charge on any atom is -0.493 e. The number of para-hydroxylation sites is 1. The summed E-state index contributed by atoms with van der Waals surface area (Å²) in [5.74, 6) is -0.302. The molecule has 0 saturated heterocycles. The third-order valence-electron chi connectivity index (χ3n) is 4.34. The van der Waals surface area contributed by atoms with Gasteiger partial charge in [0.1, 0.15) is 0 Å². The highest BCUT2D eigenvalue weighted by molar-refractivity contribution is 7.22. The second-order valence-corrected chi connectivity index (χ2v) is 7.39. The van der Waals surface area contributed by atoms with Gasteiger partial charge in [0.15, 0.2) is 23.2 Å². The van der Waals surface area contributed by atoms with E-state index in [1.165, 1.54) is 37.7 Å². The van der Waals surface area contributed by atoms with Crippen LogP contribution in [0.25, 0.3) is 10.2 Å². The normalized spacial score (nSPS) is 10.7. The summed E-state index contributed by atoms with van der Waals surface area (Å²) in [5.41, 5.74) is 6.27. The number of anilines is 1. The van der Waals surface area contributed by atoms with Crippen molar-refractivity contribution in [3.05, 3.63) is 42.0 Å². The molecule has 31 heavy (non-hydrogen) atoms. The first-order valence-electron chi connectivity index (χ1n) is 9.32. The summed E-state index contributed by atoms with van der Waals surface area (Å²) >= 11 is 1.41. The molecule has 2 amide bonds. The molecule has 2 N–H and O–H groups in total. The molecule has 0 spiro atoms. The van der Waals surface area contributed by atoms with E-state index in [1.54, 1.807) is 12.0 Å². The van der Waals surface area contributed by atoms with Crippen LogP contribution in [-0.4, -0.2) is 57.9 Å². The highest BCUT2D eigenvalue weighted by atomic mass is 32.1. The molecule has 1 heterocycles. The van der Waals surface area contributed by atoms with Crippen LogP contribution in [0.15, 0.2) is 36.4 Å². The molecule has 0 unspecified atom stereocenters. The Kier molecular flexibility index (Phi) is 7.27. The number of aromatic nitrogens is 1. The number of hydrogen-bond acceptors (Lipinski definition) is 8. The Bertz CT molecular complexity index is 1030. The Hall–Kier alpha value is -3.37. The Balaban J connectivity index is 2.01. The molecule has 9 nitrogen and oxygen atoms in total. The lowest BCUT2D eigenvalue weighted by Crippen LogP contribution is -2.34. The number of rotatable bonds is 10. The number of methoxy groups -OCH3 is 3. The number of fused-ring (bicyclic) bond motifs is 1. The fraction of sp³-hybridized carbons (Fsp3) is 0.286. The van der Waals surface area contributed by atoms with Crippen LogP contribution in [-0.2, 0) is 9.53 Å². The highest BCUT2D eigenvalue weighted by Crippen LogP contribution is 2.39. The molecule has 0 bridgehead atoms. The van der Waals surface area contributed by atoms with Gasteiger partial charge in [0.25, 0.3) is 11.8 Å². The number of carbonyl (C=O) groups excluding carboxylic acids is 2. The molecule has 10 heteroatoms. The van der Waals surface area contributed by atoms with Crippen LogP contribution in [0.2, 0.25) is 0 Å². The number of nitrogens with two attached hydrogens (primary N) is 1. The summed E-state index contributed by atoms with van der Waals surface area (Å²) in [6.07, 6.45) is 0. The maximum Gasteiger partial charge on any atom is 0.260 e. The Labute approximate surface area is 183 Å². The van der Waals surface area contributed by atoms with E-state index in [-0.39, 0.29) is 29.8 Å². The Morgan fingerprint density at radius 1 is 1.10 bits per heavy atom.